The predicted octanol–water partition coefficient (Wildman–Crippen LogP) is 2.13. The van der Waals surface area contributed by atoms with Crippen LogP contribution in [0, 0.1) is 0 Å². The Balaban J connectivity index is 2.19. The SMILES string of the molecule is Nc1ncc(Cc2cccc(OC(F)(F)F)c2)c(N)n1. The lowest BCUT2D eigenvalue weighted by Gasteiger charge is -2.10. The largest absolute Gasteiger partial charge is 0.573 e. The van der Waals surface area contributed by atoms with Crippen LogP contribution in [0.3, 0.4) is 0 Å². The molecule has 0 fully saturated rings. The zero-order valence-corrected chi connectivity index (χ0v) is 10.2. The van der Waals surface area contributed by atoms with E-state index < -0.39 is 6.36 Å². The molecule has 1 aromatic carbocycles. The van der Waals surface area contributed by atoms with Crippen LogP contribution in [0.5, 0.6) is 5.75 Å². The summed E-state index contributed by atoms with van der Waals surface area (Å²) < 4.78 is 40.2. The summed E-state index contributed by atoms with van der Waals surface area (Å²) in [6, 6.07) is 5.62. The second kappa shape index (κ2) is 5.24. The molecule has 2 aromatic rings. The number of nitrogens with two attached hydrogens (primary N) is 2. The van der Waals surface area contributed by atoms with Crippen molar-refractivity contribution in [1.29, 1.82) is 0 Å². The molecular weight excluding hydrogens is 273 g/mol. The maximum absolute atomic E-state index is 12.1. The standard InChI is InChI=1S/C12H11F3N4O/c13-12(14,15)20-9-3-1-2-7(5-9)4-8-6-18-11(17)19-10(8)16/h1-3,5-6H,4H2,(H4,16,17,18,19). The number of halogens is 3. The van der Waals surface area contributed by atoms with Gasteiger partial charge in [-0.15, -0.1) is 13.2 Å². The van der Waals surface area contributed by atoms with Gasteiger partial charge in [-0.25, -0.2) is 4.98 Å². The molecule has 0 radical (unpaired) electrons. The minimum absolute atomic E-state index is 0.0420. The van der Waals surface area contributed by atoms with E-state index in [1.165, 1.54) is 24.4 Å². The first-order chi connectivity index (χ1) is 9.33. The molecule has 1 heterocycles. The van der Waals surface area contributed by atoms with Crippen LogP contribution in [0.2, 0.25) is 0 Å². The molecule has 106 valence electrons. The number of hydrogen-bond donors (Lipinski definition) is 2. The van der Waals surface area contributed by atoms with E-state index in [9.17, 15) is 13.2 Å². The van der Waals surface area contributed by atoms with Gasteiger partial charge in [0, 0.05) is 18.2 Å². The summed E-state index contributed by atoms with van der Waals surface area (Å²) in [6.45, 7) is 0. The van der Waals surface area contributed by atoms with E-state index in [0.717, 1.165) is 0 Å². The molecular formula is C12H11F3N4O. The van der Waals surface area contributed by atoms with Crippen molar-refractivity contribution in [2.75, 3.05) is 11.5 Å². The molecule has 0 bridgehead atoms. The zero-order valence-electron chi connectivity index (χ0n) is 10.2. The molecule has 0 amide bonds. The van der Waals surface area contributed by atoms with Crippen LogP contribution in [-0.2, 0) is 6.42 Å². The molecule has 0 aliphatic carbocycles. The lowest BCUT2D eigenvalue weighted by Crippen LogP contribution is -2.17. The van der Waals surface area contributed by atoms with E-state index in [4.69, 9.17) is 11.5 Å². The summed E-state index contributed by atoms with van der Waals surface area (Å²) in [5.74, 6) is -0.0509. The van der Waals surface area contributed by atoms with Crippen LogP contribution < -0.4 is 16.2 Å². The fourth-order valence-electron chi connectivity index (χ4n) is 1.64. The molecule has 4 N–H and O–H groups in total. The molecule has 20 heavy (non-hydrogen) atoms. The van der Waals surface area contributed by atoms with Crippen molar-refractivity contribution in [3.8, 4) is 5.75 Å². The van der Waals surface area contributed by atoms with Crippen LogP contribution in [0.25, 0.3) is 0 Å². The lowest BCUT2D eigenvalue weighted by molar-refractivity contribution is -0.274. The third-order valence-electron chi connectivity index (χ3n) is 2.44. The van der Waals surface area contributed by atoms with Gasteiger partial charge in [-0.05, 0) is 17.7 Å². The average Bonchev–Trinajstić information content (AvgIpc) is 2.31. The molecule has 0 aliphatic rings. The van der Waals surface area contributed by atoms with Crippen LogP contribution >= 0.6 is 0 Å². The first-order valence-electron chi connectivity index (χ1n) is 5.55. The molecule has 2 rings (SSSR count). The fraction of sp³-hybridized carbons (Fsp3) is 0.167. The fourth-order valence-corrected chi connectivity index (χ4v) is 1.64. The van der Waals surface area contributed by atoms with E-state index in [0.29, 0.717) is 11.1 Å². The normalized spacial score (nSPS) is 11.3. The molecule has 0 aliphatic heterocycles. The van der Waals surface area contributed by atoms with Gasteiger partial charge in [-0.1, -0.05) is 12.1 Å². The number of benzene rings is 1. The van der Waals surface area contributed by atoms with Gasteiger partial charge in [-0.3, -0.25) is 0 Å². The maximum Gasteiger partial charge on any atom is 0.573 e. The van der Waals surface area contributed by atoms with E-state index >= 15 is 0 Å². The summed E-state index contributed by atoms with van der Waals surface area (Å²) in [6.07, 6.45) is -3.00. The third-order valence-corrected chi connectivity index (χ3v) is 2.44. The number of ether oxygens (including phenoxy) is 1. The first-order valence-corrected chi connectivity index (χ1v) is 5.55. The Morgan fingerprint density at radius 2 is 1.95 bits per heavy atom. The van der Waals surface area contributed by atoms with Crippen molar-refractivity contribution in [2.45, 2.75) is 12.8 Å². The minimum atomic E-state index is -4.72. The van der Waals surface area contributed by atoms with Crippen molar-refractivity contribution < 1.29 is 17.9 Å². The summed E-state index contributed by atoms with van der Waals surface area (Å²) >= 11 is 0. The van der Waals surface area contributed by atoms with Crippen LogP contribution in [0.15, 0.2) is 30.5 Å². The van der Waals surface area contributed by atoms with Crippen molar-refractivity contribution in [3.05, 3.63) is 41.6 Å². The molecule has 0 saturated carbocycles. The van der Waals surface area contributed by atoms with E-state index in [1.807, 2.05) is 0 Å². The quantitative estimate of drug-likeness (QED) is 0.901. The van der Waals surface area contributed by atoms with Gasteiger partial charge >= 0.3 is 6.36 Å². The highest BCUT2D eigenvalue weighted by Gasteiger charge is 2.31. The van der Waals surface area contributed by atoms with Gasteiger partial charge in [0.1, 0.15) is 11.6 Å². The van der Waals surface area contributed by atoms with Gasteiger partial charge in [0.2, 0.25) is 5.95 Å². The number of hydrogen-bond acceptors (Lipinski definition) is 5. The minimum Gasteiger partial charge on any atom is -0.406 e. The molecule has 8 heteroatoms. The van der Waals surface area contributed by atoms with Crippen LogP contribution in [0.1, 0.15) is 11.1 Å². The molecule has 5 nitrogen and oxygen atoms in total. The highest BCUT2D eigenvalue weighted by Crippen LogP contribution is 2.24. The second-order valence-corrected chi connectivity index (χ2v) is 4.01. The van der Waals surface area contributed by atoms with Gasteiger partial charge in [0.05, 0.1) is 0 Å². The smallest absolute Gasteiger partial charge is 0.406 e. The van der Waals surface area contributed by atoms with Gasteiger partial charge in [0.15, 0.2) is 0 Å². The summed E-state index contributed by atoms with van der Waals surface area (Å²) in [5.41, 5.74) is 12.2. The summed E-state index contributed by atoms with van der Waals surface area (Å²) in [4.78, 5) is 7.58. The monoisotopic (exact) mass is 284 g/mol. The van der Waals surface area contributed by atoms with Gasteiger partial charge in [-0.2, -0.15) is 4.98 Å². The van der Waals surface area contributed by atoms with Gasteiger partial charge in [0.25, 0.3) is 0 Å². The first kappa shape index (κ1) is 13.9. The molecule has 1 aromatic heterocycles. The lowest BCUT2D eigenvalue weighted by atomic mass is 10.1. The Kier molecular flexibility index (Phi) is 3.64. The zero-order chi connectivity index (χ0) is 14.8. The topological polar surface area (TPSA) is 87.0 Å². The molecule has 0 spiro atoms. The van der Waals surface area contributed by atoms with Crippen molar-refractivity contribution in [2.24, 2.45) is 0 Å². The summed E-state index contributed by atoms with van der Waals surface area (Å²) in [7, 11) is 0. The predicted molar refractivity (Wildman–Crippen MR) is 66.8 cm³/mol. The number of alkyl halides is 3. The Hall–Kier alpha value is -2.51. The molecule has 0 unspecified atom stereocenters. The molecule has 0 atom stereocenters. The average molecular weight is 284 g/mol. The van der Waals surface area contributed by atoms with Crippen LogP contribution in [-0.4, -0.2) is 16.3 Å². The number of nitrogens with zero attached hydrogens (tertiary/aromatic N) is 2. The molecule has 0 saturated heterocycles. The highest BCUT2D eigenvalue weighted by atomic mass is 19.4. The number of rotatable bonds is 3. The number of nitrogen functional groups attached to an aromatic ring is 2. The second-order valence-electron chi connectivity index (χ2n) is 4.01. The van der Waals surface area contributed by atoms with Gasteiger partial charge < -0.3 is 16.2 Å². The Morgan fingerprint density at radius 1 is 1.20 bits per heavy atom. The number of anilines is 2. The Bertz CT molecular complexity index is 616. The van der Waals surface area contributed by atoms with E-state index in [2.05, 4.69) is 14.7 Å². The third kappa shape index (κ3) is 3.74. The highest BCUT2D eigenvalue weighted by molar-refractivity contribution is 5.44. The van der Waals surface area contributed by atoms with E-state index in [-0.39, 0.29) is 23.9 Å². The summed E-state index contributed by atoms with van der Waals surface area (Å²) in [5, 5.41) is 0. The number of aromatic nitrogens is 2. The van der Waals surface area contributed by atoms with Crippen molar-refractivity contribution in [1.82, 2.24) is 9.97 Å². The van der Waals surface area contributed by atoms with Crippen molar-refractivity contribution in [3.63, 3.8) is 0 Å². The van der Waals surface area contributed by atoms with Crippen LogP contribution in [0.4, 0.5) is 24.9 Å². The van der Waals surface area contributed by atoms with Crippen molar-refractivity contribution >= 4 is 11.8 Å². The van der Waals surface area contributed by atoms with E-state index in [1.54, 1.807) is 6.07 Å². The maximum atomic E-state index is 12.1. The Morgan fingerprint density at radius 3 is 2.60 bits per heavy atom. The Labute approximate surface area is 112 Å².